The highest BCUT2D eigenvalue weighted by atomic mass is 16.5. The molecule has 2 saturated heterocycles. The summed E-state index contributed by atoms with van der Waals surface area (Å²) in [4.78, 5) is 20.4. The normalized spacial score (nSPS) is 36.8. The Bertz CT molecular complexity index is 815. The van der Waals surface area contributed by atoms with E-state index in [9.17, 15) is 9.90 Å². The van der Waals surface area contributed by atoms with E-state index in [-0.39, 0.29) is 29.8 Å². The SMILES string of the molecule is COC(=O)C1C2CC3C4=Nc5ccccc5C41CCN3C/C2=C/CO. The fraction of sp³-hybridized carbons (Fsp3) is 0.500. The van der Waals surface area contributed by atoms with Crippen molar-refractivity contribution < 1.29 is 14.6 Å². The number of aliphatic hydroxyl groups is 1. The van der Waals surface area contributed by atoms with Crippen LogP contribution in [0.1, 0.15) is 18.4 Å². The van der Waals surface area contributed by atoms with E-state index in [0.29, 0.717) is 6.04 Å². The lowest BCUT2D eigenvalue weighted by Gasteiger charge is -2.59. The van der Waals surface area contributed by atoms with E-state index >= 15 is 0 Å². The van der Waals surface area contributed by atoms with Gasteiger partial charge in [-0.2, -0.15) is 0 Å². The Kier molecular flexibility index (Phi) is 3.21. The van der Waals surface area contributed by atoms with Crippen LogP contribution < -0.4 is 0 Å². The summed E-state index contributed by atoms with van der Waals surface area (Å²) in [6.07, 6.45) is 3.69. The van der Waals surface area contributed by atoms with Gasteiger partial charge in [-0.15, -0.1) is 0 Å². The number of hydrogen-bond donors (Lipinski definition) is 1. The number of aliphatic imine (C=N–C) groups is 1. The highest BCUT2D eigenvalue weighted by Crippen LogP contribution is 2.60. The standard InChI is InChI=1S/C20H22N2O3/c1-25-19(24)17-13-10-16-18-20(17,14-4-2-3-5-15(14)21-18)7-8-22(16)11-12(13)6-9-23/h2-6,13,16-17,23H,7-11H2,1H3/b12-6-. The molecule has 3 aliphatic heterocycles. The third-order valence-electron chi connectivity index (χ3n) is 6.71. The zero-order valence-corrected chi connectivity index (χ0v) is 14.3. The topological polar surface area (TPSA) is 62.1 Å². The molecular weight excluding hydrogens is 316 g/mol. The lowest BCUT2D eigenvalue weighted by molar-refractivity contribution is -0.151. The number of rotatable bonds is 2. The molecule has 0 aromatic heterocycles. The van der Waals surface area contributed by atoms with Crippen molar-refractivity contribution in [3.63, 3.8) is 0 Å². The van der Waals surface area contributed by atoms with E-state index < -0.39 is 0 Å². The second-order valence-corrected chi connectivity index (χ2v) is 7.53. The number of ether oxygens (including phenoxy) is 1. The lowest BCUT2D eigenvalue weighted by Crippen LogP contribution is -2.68. The monoisotopic (exact) mass is 338 g/mol. The molecule has 3 fully saturated rings. The fourth-order valence-corrected chi connectivity index (χ4v) is 5.79. The van der Waals surface area contributed by atoms with Crippen molar-refractivity contribution in [2.24, 2.45) is 16.8 Å². The van der Waals surface area contributed by atoms with Gasteiger partial charge in [0.1, 0.15) is 0 Å². The maximum Gasteiger partial charge on any atom is 0.310 e. The van der Waals surface area contributed by atoms with Gasteiger partial charge in [-0.05, 0) is 30.4 Å². The summed E-state index contributed by atoms with van der Waals surface area (Å²) in [5.41, 5.74) is 4.18. The van der Waals surface area contributed by atoms with E-state index in [1.54, 1.807) is 0 Å². The number of carbonyl (C=O) groups is 1. The van der Waals surface area contributed by atoms with Gasteiger partial charge in [-0.1, -0.05) is 29.8 Å². The Morgan fingerprint density at radius 3 is 3.12 bits per heavy atom. The molecule has 1 N–H and O–H groups in total. The molecule has 3 bridgehead atoms. The molecular formula is C20H22N2O3. The van der Waals surface area contributed by atoms with E-state index in [0.717, 1.165) is 37.3 Å². The first kappa shape index (κ1) is 15.3. The first-order valence-electron chi connectivity index (χ1n) is 9.01. The molecule has 1 aromatic rings. The van der Waals surface area contributed by atoms with Crippen LogP contribution in [0.2, 0.25) is 0 Å². The van der Waals surface area contributed by atoms with Crippen molar-refractivity contribution in [3.05, 3.63) is 41.5 Å². The minimum absolute atomic E-state index is 0.0166. The van der Waals surface area contributed by atoms with Gasteiger partial charge in [0.15, 0.2) is 0 Å². The smallest absolute Gasteiger partial charge is 0.310 e. The van der Waals surface area contributed by atoms with E-state index in [2.05, 4.69) is 17.0 Å². The Labute approximate surface area is 147 Å². The molecule has 4 aliphatic rings. The minimum Gasteiger partial charge on any atom is -0.469 e. The molecule has 4 unspecified atom stereocenters. The van der Waals surface area contributed by atoms with Gasteiger partial charge in [-0.25, -0.2) is 0 Å². The first-order valence-corrected chi connectivity index (χ1v) is 9.01. The maximum absolute atomic E-state index is 13.0. The molecule has 25 heavy (non-hydrogen) atoms. The van der Waals surface area contributed by atoms with Crippen LogP contribution in [0.4, 0.5) is 5.69 Å². The number of carbonyl (C=O) groups excluding carboxylic acids is 1. The lowest BCUT2D eigenvalue weighted by atomic mass is 9.51. The Morgan fingerprint density at radius 2 is 2.32 bits per heavy atom. The van der Waals surface area contributed by atoms with E-state index in [4.69, 9.17) is 9.73 Å². The third kappa shape index (κ3) is 1.80. The number of nitrogens with zero attached hydrogens (tertiary/aromatic N) is 2. The number of methoxy groups -OCH3 is 1. The number of aliphatic hydroxyl groups excluding tert-OH is 1. The predicted molar refractivity (Wildman–Crippen MR) is 94.0 cm³/mol. The minimum atomic E-state index is -0.345. The van der Waals surface area contributed by atoms with Crippen molar-refractivity contribution in [3.8, 4) is 0 Å². The fourth-order valence-electron chi connectivity index (χ4n) is 5.79. The van der Waals surface area contributed by atoms with Gasteiger partial charge in [0.2, 0.25) is 0 Å². The van der Waals surface area contributed by atoms with Crippen molar-refractivity contribution in [2.45, 2.75) is 24.3 Å². The summed E-state index contributed by atoms with van der Waals surface area (Å²) in [5.74, 6) is -0.283. The van der Waals surface area contributed by atoms with E-state index in [1.165, 1.54) is 18.2 Å². The molecule has 0 radical (unpaired) electrons. The van der Waals surface area contributed by atoms with Crippen LogP contribution in [0, 0.1) is 11.8 Å². The van der Waals surface area contributed by atoms with Crippen LogP contribution in [0.15, 0.2) is 40.9 Å². The average molecular weight is 338 g/mol. The molecule has 1 aromatic carbocycles. The number of fused-ring (bicyclic) bond motifs is 2. The molecule has 130 valence electrons. The molecule has 5 nitrogen and oxygen atoms in total. The highest BCUT2D eigenvalue weighted by molar-refractivity contribution is 6.09. The number of para-hydroxylation sites is 1. The van der Waals surface area contributed by atoms with Crippen molar-refractivity contribution in [1.29, 1.82) is 0 Å². The van der Waals surface area contributed by atoms with E-state index in [1.807, 2.05) is 18.2 Å². The largest absolute Gasteiger partial charge is 0.469 e. The molecule has 3 heterocycles. The Morgan fingerprint density at radius 1 is 1.48 bits per heavy atom. The second-order valence-electron chi connectivity index (χ2n) is 7.53. The summed E-state index contributed by atoms with van der Waals surface area (Å²) < 4.78 is 5.28. The molecule has 4 atom stereocenters. The Hall–Kier alpha value is -1.98. The van der Waals surface area contributed by atoms with Crippen LogP contribution in [0.25, 0.3) is 0 Å². The maximum atomic E-state index is 13.0. The van der Waals surface area contributed by atoms with Gasteiger partial charge < -0.3 is 9.84 Å². The third-order valence-corrected chi connectivity index (χ3v) is 6.71. The van der Waals surface area contributed by atoms with Gasteiger partial charge in [0, 0.05) is 24.8 Å². The molecule has 5 rings (SSSR count). The average Bonchev–Trinajstić information content (AvgIpc) is 2.98. The van der Waals surface area contributed by atoms with Crippen LogP contribution >= 0.6 is 0 Å². The summed E-state index contributed by atoms with van der Waals surface area (Å²) in [6.45, 7) is 1.78. The van der Waals surface area contributed by atoms with Crippen molar-refractivity contribution in [1.82, 2.24) is 4.90 Å². The van der Waals surface area contributed by atoms with Crippen molar-refractivity contribution in [2.75, 3.05) is 26.8 Å². The summed E-state index contributed by atoms with van der Waals surface area (Å²) >= 11 is 0. The van der Waals surface area contributed by atoms with Gasteiger partial charge in [0.05, 0.1) is 30.7 Å². The van der Waals surface area contributed by atoms with Gasteiger partial charge in [-0.3, -0.25) is 14.7 Å². The molecule has 5 heteroatoms. The predicted octanol–water partition coefficient (Wildman–Crippen LogP) is 1.83. The van der Waals surface area contributed by atoms with Crippen molar-refractivity contribution >= 4 is 17.4 Å². The second kappa shape index (κ2) is 5.26. The Balaban J connectivity index is 1.76. The summed E-state index contributed by atoms with van der Waals surface area (Å²) in [7, 11) is 1.48. The number of esters is 1. The molecule has 1 saturated carbocycles. The summed E-state index contributed by atoms with van der Waals surface area (Å²) in [5, 5.41) is 9.48. The first-order chi connectivity index (χ1) is 12.2. The molecule has 0 amide bonds. The number of piperidine rings is 2. The molecule has 1 aliphatic carbocycles. The van der Waals surface area contributed by atoms with Crippen LogP contribution in [0.5, 0.6) is 0 Å². The van der Waals surface area contributed by atoms with Gasteiger partial charge in [0.25, 0.3) is 0 Å². The van der Waals surface area contributed by atoms with Crippen LogP contribution in [-0.4, -0.2) is 54.5 Å². The van der Waals surface area contributed by atoms with Gasteiger partial charge >= 0.3 is 5.97 Å². The zero-order chi connectivity index (χ0) is 17.2. The molecule has 0 spiro atoms. The highest BCUT2D eigenvalue weighted by Gasteiger charge is 2.65. The van der Waals surface area contributed by atoms with Crippen LogP contribution in [0.3, 0.4) is 0 Å². The summed E-state index contributed by atoms with van der Waals surface area (Å²) in [6, 6.07) is 8.54. The number of benzene rings is 1. The van der Waals surface area contributed by atoms with Crippen LogP contribution in [-0.2, 0) is 14.9 Å². The zero-order valence-electron chi connectivity index (χ0n) is 14.3. The number of hydrogen-bond acceptors (Lipinski definition) is 5. The quantitative estimate of drug-likeness (QED) is 0.660.